The van der Waals surface area contributed by atoms with Gasteiger partial charge in [-0.15, -0.1) is 0 Å². The number of hydrogen-bond acceptors (Lipinski definition) is 5. The summed E-state index contributed by atoms with van der Waals surface area (Å²) >= 11 is 5.80. The summed E-state index contributed by atoms with van der Waals surface area (Å²) in [7, 11) is 1.27. The minimum Gasteiger partial charge on any atom is -0.469 e. The highest BCUT2D eigenvalue weighted by molar-refractivity contribution is 6.30. The number of ether oxygens (including phenoxy) is 1. The summed E-state index contributed by atoms with van der Waals surface area (Å²) in [5, 5.41) is 0.544. The highest BCUT2D eigenvalue weighted by Gasteiger charge is 2.33. The second kappa shape index (κ2) is 9.48. The molecule has 2 rings (SSSR count). The molecule has 140 valence electrons. The van der Waals surface area contributed by atoms with Gasteiger partial charge in [0, 0.05) is 36.4 Å². The molecule has 1 amide bonds. The van der Waals surface area contributed by atoms with Crippen molar-refractivity contribution in [3.05, 3.63) is 34.9 Å². The number of amides is 1. The van der Waals surface area contributed by atoms with Gasteiger partial charge in [-0.25, -0.2) is 0 Å². The third-order valence-corrected chi connectivity index (χ3v) is 4.73. The number of likely N-dealkylation sites (tertiary alicyclic amines) is 1. The van der Waals surface area contributed by atoms with Crippen LogP contribution in [0, 0.1) is 0 Å². The minimum absolute atomic E-state index is 0.0168. The lowest BCUT2D eigenvalue weighted by atomic mass is 10.0. The first-order chi connectivity index (χ1) is 12.4. The molecule has 0 bridgehead atoms. The quantitative estimate of drug-likeness (QED) is 0.512. The molecule has 1 unspecified atom stereocenters. The molecule has 0 aliphatic carbocycles. The summed E-state index contributed by atoms with van der Waals surface area (Å²) in [6.07, 6.45) is 1.55. The topological polar surface area (TPSA) is 80.8 Å². The lowest BCUT2D eigenvalue weighted by molar-refractivity contribution is -0.143. The van der Waals surface area contributed by atoms with Crippen molar-refractivity contribution >= 4 is 35.0 Å². The fourth-order valence-electron chi connectivity index (χ4n) is 3.04. The first-order valence-corrected chi connectivity index (χ1v) is 8.98. The van der Waals surface area contributed by atoms with Gasteiger partial charge in [-0.1, -0.05) is 11.6 Å². The highest BCUT2D eigenvalue weighted by atomic mass is 35.5. The van der Waals surface area contributed by atoms with Gasteiger partial charge in [0.1, 0.15) is 0 Å². The van der Waals surface area contributed by atoms with E-state index in [4.69, 9.17) is 11.6 Å². The first-order valence-electron chi connectivity index (χ1n) is 8.60. The van der Waals surface area contributed by atoms with Gasteiger partial charge in [0.15, 0.2) is 11.6 Å². The van der Waals surface area contributed by atoms with Crippen molar-refractivity contribution in [3.8, 4) is 0 Å². The summed E-state index contributed by atoms with van der Waals surface area (Å²) in [6, 6.07) is 6.02. The van der Waals surface area contributed by atoms with Crippen LogP contribution in [0.5, 0.6) is 0 Å². The number of benzene rings is 1. The molecule has 1 atom stereocenters. The van der Waals surface area contributed by atoms with Crippen molar-refractivity contribution in [1.29, 1.82) is 0 Å². The van der Waals surface area contributed by atoms with Gasteiger partial charge in [0.25, 0.3) is 0 Å². The molecular weight excluding hydrogens is 358 g/mol. The van der Waals surface area contributed by atoms with Crippen LogP contribution in [0.4, 0.5) is 0 Å². The maximum Gasteiger partial charge on any atom is 0.305 e. The largest absolute Gasteiger partial charge is 0.469 e. The first kappa shape index (κ1) is 20.1. The third-order valence-electron chi connectivity index (χ3n) is 4.48. The van der Waals surface area contributed by atoms with Crippen molar-refractivity contribution in [2.45, 2.75) is 44.6 Å². The van der Waals surface area contributed by atoms with Crippen LogP contribution in [0.25, 0.3) is 0 Å². The van der Waals surface area contributed by atoms with Crippen molar-refractivity contribution in [1.82, 2.24) is 4.90 Å². The minimum atomic E-state index is -0.502. The SMILES string of the molecule is COC(=O)CCC(=O)C1CCCN1C(=O)CCC(=O)c1ccc(Cl)cc1. The summed E-state index contributed by atoms with van der Waals surface area (Å²) in [6.45, 7) is 0.503. The monoisotopic (exact) mass is 379 g/mol. The van der Waals surface area contributed by atoms with Gasteiger partial charge >= 0.3 is 5.97 Å². The number of ketones is 2. The predicted molar refractivity (Wildman–Crippen MR) is 96.0 cm³/mol. The Morgan fingerprint density at radius 3 is 2.42 bits per heavy atom. The van der Waals surface area contributed by atoms with Crippen molar-refractivity contribution in [2.75, 3.05) is 13.7 Å². The molecule has 0 radical (unpaired) electrons. The van der Waals surface area contributed by atoms with E-state index in [-0.39, 0.29) is 43.2 Å². The second-order valence-electron chi connectivity index (χ2n) is 6.22. The third kappa shape index (κ3) is 5.39. The Bertz CT molecular complexity index is 686. The van der Waals surface area contributed by atoms with E-state index in [2.05, 4.69) is 4.74 Å². The number of halogens is 1. The zero-order chi connectivity index (χ0) is 19.1. The van der Waals surface area contributed by atoms with Crippen molar-refractivity contribution in [2.24, 2.45) is 0 Å². The molecule has 6 nitrogen and oxygen atoms in total. The highest BCUT2D eigenvalue weighted by Crippen LogP contribution is 2.22. The number of esters is 1. The van der Waals surface area contributed by atoms with Gasteiger partial charge in [0.05, 0.1) is 19.6 Å². The normalized spacial score (nSPS) is 16.4. The number of methoxy groups -OCH3 is 1. The Morgan fingerprint density at radius 2 is 1.77 bits per heavy atom. The van der Waals surface area contributed by atoms with E-state index in [0.717, 1.165) is 6.42 Å². The average molecular weight is 380 g/mol. The Morgan fingerprint density at radius 1 is 1.08 bits per heavy atom. The zero-order valence-electron chi connectivity index (χ0n) is 14.7. The van der Waals surface area contributed by atoms with Crippen LogP contribution in [0.2, 0.25) is 5.02 Å². The summed E-state index contributed by atoms with van der Waals surface area (Å²) < 4.78 is 4.53. The molecule has 0 spiro atoms. The molecule has 1 aliphatic rings. The standard InChI is InChI=1S/C19H22ClNO5/c1-26-19(25)11-9-17(23)15-3-2-12-21(15)18(24)10-8-16(22)13-4-6-14(20)7-5-13/h4-7,15H,2-3,8-12H2,1H3. The van der Waals surface area contributed by atoms with E-state index in [1.165, 1.54) is 12.0 Å². The van der Waals surface area contributed by atoms with Crippen LogP contribution in [0.3, 0.4) is 0 Å². The Labute approximate surface area is 157 Å². The van der Waals surface area contributed by atoms with E-state index < -0.39 is 12.0 Å². The van der Waals surface area contributed by atoms with Crippen LogP contribution in [0.15, 0.2) is 24.3 Å². The van der Waals surface area contributed by atoms with E-state index in [1.54, 1.807) is 24.3 Å². The van der Waals surface area contributed by atoms with Crippen LogP contribution in [0.1, 0.15) is 48.9 Å². The lowest BCUT2D eigenvalue weighted by Crippen LogP contribution is -2.40. The number of carbonyl (C=O) groups is 4. The molecular formula is C19H22ClNO5. The second-order valence-corrected chi connectivity index (χ2v) is 6.65. The predicted octanol–water partition coefficient (Wildman–Crippen LogP) is 2.82. The molecule has 1 saturated heterocycles. The Balaban J connectivity index is 1.87. The number of rotatable bonds is 8. The number of Topliss-reactive ketones (excluding diaryl/α,β-unsaturated/α-hetero) is 2. The summed E-state index contributed by atoms with van der Waals surface area (Å²) in [4.78, 5) is 49.6. The van der Waals surface area contributed by atoms with Crippen LogP contribution < -0.4 is 0 Å². The van der Waals surface area contributed by atoms with Crippen LogP contribution in [-0.2, 0) is 19.1 Å². The molecule has 1 fully saturated rings. The van der Waals surface area contributed by atoms with Gasteiger partial charge < -0.3 is 9.64 Å². The molecule has 1 aromatic rings. The van der Waals surface area contributed by atoms with Gasteiger partial charge in [-0.3, -0.25) is 19.2 Å². The Kier molecular flexibility index (Phi) is 7.33. The number of nitrogens with zero attached hydrogens (tertiary/aromatic N) is 1. The molecule has 0 aromatic heterocycles. The summed E-state index contributed by atoms with van der Waals surface area (Å²) in [5.41, 5.74) is 0.509. The molecule has 1 aliphatic heterocycles. The number of carbonyl (C=O) groups excluding carboxylic acids is 4. The van der Waals surface area contributed by atoms with Crippen LogP contribution >= 0.6 is 11.6 Å². The van der Waals surface area contributed by atoms with Crippen molar-refractivity contribution in [3.63, 3.8) is 0 Å². The molecule has 7 heteroatoms. The molecule has 0 N–H and O–H groups in total. The molecule has 1 aromatic carbocycles. The van der Waals surface area contributed by atoms with E-state index in [1.807, 2.05) is 0 Å². The molecule has 26 heavy (non-hydrogen) atoms. The van der Waals surface area contributed by atoms with Gasteiger partial charge in [-0.2, -0.15) is 0 Å². The fraction of sp³-hybridized carbons (Fsp3) is 0.474. The maximum absolute atomic E-state index is 12.5. The Hall–Kier alpha value is -2.21. The average Bonchev–Trinajstić information content (AvgIpc) is 3.14. The van der Waals surface area contributed by atoms with Crippen molar-refractivity contribution < 1.29 is 23.9 Å². The molecule has 0 saturated carbocycles. The smallest absolute Gasteiger partial charge is 0.305 e. The zero-order valence-corrected chi connectivity index (χ0v) is 15.5. The fourth-order valence-corrected chi connectivity index (χ4v) is 3.16. The van der Waals surface area contributed by atoms with Gasteiger partial charge in [0.2, 0.25) is 5.91 Å². The van der Waals surface area contributed by atoms with Gasteiger partial charge in [-0.05, 0) is 37.1 Å². The maximum atomic E-state index is 12.5. The van der Waals surface area contributed by atoms with E-state index in [0.29, 0.717) is 23.6 Å². The molecule has 1 heterocycles. The van der Waals surface area contributed by atoms with Crippen LogP contribution in [-0.4, -0.2) is 48.0 Å². The number of hydrogen-bond donors (Lipinski definition) is 0. The lowest BCUT2D eigenvalue weighted by Gasteiger charge is -2.23. The summed E-state index contributed by atoms with van der Waals surface area (Å²) in [5.74, 6) is -0.919. The van der Waals surface area contributed by atoms with E-state index in [9.17, 15) is 19.2 Å². The van der Waals surface area contributed by atoms with E-state index >= 15 is 0 Å².